The van der Waals surface area contributed by atoms with Crippen molar-refractivity contribution in [3.05, 3.63) is 41.5 Å². The van der Waals surface area contributed by atoms with Crippen molar-refractivity contribution in [2.24, 2.45) is 4.99 Å². The molecular formula is C10H7NO. The second kappa shape index (κ2) is 2.76. The Balaban J connectivity index is 2.48. The van der Waals surface area contributed by atoms with Crippen molar-refractivity contribution >= 4 is 12.2 Å². The fraction of sp³-hybridized carbons (Fsp3) is 0.100. The summed E-state index contributed by atoms with van der Waals surface area (Å²) in [6.45, 7) is 0. The van der Waals surface area contributed by atoms with Gasteiger partial charge in [0.15, 0.2) is 0 Å². The van der Waals surface area contributed by atoms with Crippen molar-refractivity contribution < 1.29 is 4.79 Å². The van der Waals surface area contributed by atoms with Gasteiger partial charge in [0.2, 0.25) is 6.08 Å². The fourth-order valence-corrected chi connectivity index (χ4v) is 1.40. The first-order valence-electron chi connectivity index (χ1n) is 3.76. The molecule has 1 aromatic carbocycles. The molecule has 0 spiro atoms. The Morgan fingerprint density at radius 1 is 1.33 bits per heavy atom. The Morgan fingerprint density at radius 3 is 3.00 bits per heavy atom. The number of isocyanates is 1. The van der Waals surface area contributed by atoms with Crippen LogP contribution in [0.5, 0.6) is 0 Å². The minimum atomic E-state index is -0.112. The monoisotopic (exact) mass is 157 g/mol. The van der Waals surface area contributed by atoms with Gasteiger partial charge in [-0.05, 0) is 11.1 Å². The average molecular weight is 157 g/mol. The molecule has 1 unspecified atom stereocenters. The fourth-order valence-electron chi connectivity index (χ4n) is 1.40. The third-order valence-corrected chi connectivity index (χ3v) is 1.96. The number of benzene rings is 1. The molecule has 1 atom stereocenters. The van der Waals surface area contributed by atoms with Crippen molar-refractivity contribution in [2.75, 3.05) is 0 Å². The summed E-state index contributed by atoms with van der Waals surface area (Å²) >= 11 is 0. The molecule has 58 valence electrons. The van der Waals surface area contributed by atoms with E-state index in [9.17, 15) is 4.79 Å². The minimum Gasteiger partial charge on any atom is -0.211 e. The lowest BCUT2D eigenvalue weighted by molar-refractivity contribution is 0.561. The van der Waals surface area contributed by atoms with E-state index in [1.807, 2.05) is 36.4 Å². The lowest BCUT2D eigenvalue weighted by Gasteiger charge is -2.01. The van der Waals surface area contributed by atoms with Gasteiger partial charge in [-0.3, -0.25) is 0 Å². The van der Waals surface area contributed by atoms with Gasteiger partial charge in [-0.2, -0.15) is 4.99 Å². The third-order valence-electron chi connectivity index (χ3n) is 1.96. The highest BCUT2D eigenvalue weighted by molar-refractivity contribution is 5.62. The Kier molecular flexibility index (Phi) is 1.61. The van der Waals surface area contributed by atoms with Gasteiger partial charge < -0.3 is 0 Å². The summed E-state index contributed by atoms with van der Waals surface area (Å²) in [6.07, 6.45) is 5.45. The highest BCUT2D eigenvalue weighted by atomic mass is 16.1. The summed E-state index contributed by atoms with van der Waals surface area (Å²) < 4.78 is 0. The quantitative estimate of drug-likeness (QED) is 0.453. The van der Waals surface area contributed by atoms with Gasteiger partial charge >= 0.3 is 0 Å². The molecule has 1 aliphatic rings. The molecule has 1 aromatic rings. The molecule has 0 saturated heterocycles. The molecule has 0 bridgehead atoms. The van der Waals surface area contributed by atoms with Crippen LogP contribution in [0.3, 0.4) is 0 Å². The molecule has 2 heteroatoms. The van der Waals surface area contributed by atoms with Crippen LogP contribution in [-0.4, -0.2) is 6.08 Å². The maximum Gasteiger partial charge on any atom is 0.235 e. The van der Waals surface area contributed by atoms with E-state index in [-0.39, 0.29) is 6.04 Å². The summed E-state index contributed by atoms with van der Waals surface area (Å²) in [5.41, 5.74) is 2.22. The van der Waals surface area contributed by atoms with Crippen LogP contribution in [0.1, 0.15) is 17.2 Å². The molecule has 0 fully saturated rings. The summed E-state index contributed by atoms with van der Waals surface area (Å²) in [5, 5.41) is 0. The topological polar surface area (TPSA) is 29.4 Å². The number of hydrogen-bond acceptors (Lipinski definition) is 2. The summed E-state index contributed by atoms with van der Waals surface area (Å²) in [6, 6.07) is 7.78. The van der Waals surface area contributed by atoms with E-state index >= 15 is 0 Å². The summed E-state index contributed by atoms with van der Waals surface area (Å²) in [4.78, 5) is 13.7. The molecule has 12 heavy (non-hydrogen) atoms. The highest BCUT2D eigenvalue weighted by Gasteiger charge is 2.14. The third kappa shape index (κ3) is 0.987. The van der Waals surface area contributed by atoms with Gasteiger partial charge in [0, 0.05) is 0 Å². The smallest absolute Gasteiger partial charge is 0.211 e. The maximum absolute atomic E-state index is 10.0. The Morgan fingerprint density at radius 2 is 2.17 bits per heavy atom. The van der Waals surface area contributed by atoms with E-state index in [2.05, 4.69) is 4.99 Å². The highest BCUT2D eigenvalue weighted by Crippen LogP contribution is 2.29. The van der Waals surface area contributed by atoms with Crippen molar-refractivity contribution in [3.8, 4) is 0 Å². The van der Waals surface area contributed by atoms with E-state index in [1.165, 1.54) is 0 Å². The SMILES string of the molecule is O=C=NC1C=Cc2ccccc21. The number of nitrogens with zero attached hydrogens (tertiary/aromatic N) is 1. The zero-order chi connectivity index (χ0) is 8.39. The zero-order valence-electron chi connectivity index (χ0n) is 6.40. The predicted octanol–water partition coefficient (Wildman–Crippen LogP) is 2.09. The van der Waals surface area contributed by atoms with E-state index in [0.717, 1.165) is 11.1 Å². The molecule has 0 N–H and O–H groups in total. The first kappa shape index (κ1) is 7.01. The minimum absolute atomic E-state index is 0.112. The molecular weight excluding hydrogens is 150 g/mol. The number of fused-ring (bicyclic) bond motifs is 1. The van der Waals surface area contributed by atoms with Crippen molar-refractivity contribution in [1.82, 2.24) is 0 Å². The molecule has 0 heterocycles. The number of aliphatic imine (C=N–C) groups is 1. The largest absolute Gasteiger partial charge is 0.235 e. The molecule has 0 amide bonds. The van der Waals surface area contributed by atoms with Gasteiger partial charge in [-0.1, -0.05) is 36.4 Å². The molecule has 0 aliphatic heterocycles. The lowest BCUT2D eigenvalue weighted by Crippen LogP contribution is -1.87. The van der Waals surface area contributed by atoms with Crippen LogP contribution in [0.2, 0.25) is 0 Å². The number of rotatable bonds is 1. The average Bonchev–Trinajstić information content (AvgIpc) is 2.50. The normalized spacial score (nSPS) is 18.5. The van der Waals surface area contributed by atoms with Crippen LogP contribution in [0, 0.1) is 0 Å². The summed E-state index contributed by atoms with van der Waals surface area (Å²) in [7, 11) is 0. The van der Waals surface area contributed by atoms with Crippen LogP contribution in [0.25, 0.3) is 6.08 Å². The van der Waals surface area contributed by atoms with E-state index in [0.29, 0.717) is 0 Å². The lowest BCUT2D eigenvalue weighted by atomic mass is 10.1. The second-order valence-corrected chi connectivity index (χ2v) is 2.65. The molecule has 0 saturated carbocycles. The Hall–Kier alpha value is -1.66. The number of hydrogen-bond donors (Lipinski definition) is 0. The van der Waals surface area contributed by atoms with Crippen molar-refractivity contribution in [3.63, 3.8) is 0 Å². The summed E-state index contributed by atoms with van der Waals surface area (Å²) in [5.74, 6) is 0. The van der Waals surface area contributed by atoms with Crippen LogP contribution < -0.4 is 0 Å². The van der Waals surface area contributed by atoms with Gasteiger partial charge in [0.05, 0.1) is 0 Å². The van der Waals surface area contributed by atoms with Gasteiger partial charge in [0.25, 0.3) is 0 Å². The second-order valence-electron chi connectivity index (χ2n) is 2.65. The van der Waals surface area contributed by atoms with E-state index < -0.39 is 0 Å². The van der Waals surface area contributed by atoms with E-state index in [1.54, 1.807) is 6.08 Å². The first-order valence-corrected chi connectivity index (χ1v) is 3.76. The standard InChI is InChI=1S/C10H7NO/c12-7-11-10-6-5-8-3-1-2-4-9(8)10/h1-6,10H. The Labute approximate surface area is 70.3 Å². The van der Waals surface area contributed by atoms with Crippen molar-refractivity contribution in [2.45, 2.75) is 6.04 Å². The van der Waals surface area contributed by atoms with Crippen LogP contribution >= 0.6 is 0 Å². The molecule has 2 rings (SSSR count). The van der Waals surface area contributed by atoms with Crippen LogP contribution in [0.15, 0.2) is 35.3 Å². The van der Waals surface area contributed by atoms with Crippen LogP contribution in [-0.2, 0) is 4.79 Å². The van der Waals surface area contributed by atoms with Crippen molar-refractivity contribution in [1.29, 1.82) is 0 Å². The van der Waals surface area contributed by atoms with Gasteiger partial charge in [0.1, 0.15) is 6.04 Å². The Bertz CT molecular complexity index is 375. The molecule has 2 nitrogen and oxygen atoms in total. The predicted molar refractivity (Wildman–Crippen MR) is 46.3 cm³/mol. The van der Waals surface area contributed by atoms with Crippen LogP contribution in [0.4, 0.5) is 0 Å². The molecule has 0 aromatic heterocycles. The first-order chi connectivity index (χ1) is 5.92. The molecule has 0 radical (unpaired) electrons. The van der Waals surface area contributed by atoms with Gasteiger partial charge in [-0.25, -0.2) is 4.79 Å². The maximum atomic E-state index is 10.0. The zero-order valence-corrected chi connectivity index (χ0v) is 6.40. The molecule has 1 aliphatic carbocycles. The van der Waals surface area contributed by atoms with E-state index in [4.69, 9.17) is 0 Å². The van der Waals surface area contributed by atoms with Gasteiger partial charge in [-0.15, -0.1) is 0 Å². The number of carbonyl (C=O) groups excluding carboxylic acids is 1.